The monoisotopic (exact) mass is 423 g/mol. The molecule has 1 saturated heterocycles. The molecule has 6 nitrogen and oxygen atoms in total. The minimum Gasteiger partial charge on any atom is -0.497 e. The molecule has 3 atom stereocenters. The van der Waals surface area contributed by atoms with E-state index >= 15 is 0 Å². The van der Waals surface area contributed by atoms with Gasteiger partial charge in [-0.1, -0.05) is 55.8 Å². The number of ketones is 1. The van der Waals surface area contributed by atoms with Gasteiger partial charge in [0.2, 0.25) is 5.78 Å². The number of nitrogens with zero attached hydrogens (tertiary/aromatic N) is 1. The smallest absolute Gasteiger partial charge is 0.326 e. The number of carboxylic acids is 1. The minimum absolute atomic E-state index is 0.116. The van der Waals surface area contributed by atoms with Crippen LogP contribution in [-0.2, 0) is 9.59 Å². The highest BCUT2D eigenvalue weighted by Gasteiger charge is 2.40. The molecule has 1 aliphatic rings. The van der Waals surface area contributed by atoms with Gasteiger partial charge in [-0.25, -0.2) is 4.79 Å². The van der Waals surface area contributed by atoms with Crippen LogP contribution in [-0.4, -0.2) is 47.4 Å². The number of Topliss-reactive ketones (excluding diaryl/α,β-unsaturated/α-hetero) is 1. The summed E-state index contributed by atoms with van der Waals surface area (Å²) in [5, 5.41) is 9.86. The number of ether oxygens (including phenoxy) is 1. The third-order valence-corrected chi connectivity index (χ3v) is 6.13. The van der Waals surface area contributed by atoms with Crippen LogP contribution in [0.15, 0.2) is 54.6 Å². The Hall–Kier alpha value is -3.15. The van der Waals surface area contributed by atoms with Gasteiger partial charge in [0, 0.05) is 12.1 Å². The van der Waals surface area contributed by atoms with Gasteiger partial charge in [-0.2, -0.15) is 0 Å². The van der Waals surface area contributed by atoms with E-state index < -0.39 is 23.7 Å². The third-order valence-electron chi connectivity index (χ3n) is 6.13. The minimum atomic E-state index is -1.07. The first kappa shape index (κ1) is 22.5. The number of methoxy groups -OCH3 is 1. The number of carboxylic acid groups (broad SMARTS) is 1. The molecule has 31 heavy (non-hydrogen) atoms. The molecule has 1 N–H and O–H groups in total. The molecule has 0 radical (unpaired) electrons. The van der Waals surface area contributed by atoms with Gasteiger partial charge in [0.15, 0.2) is 0 Å². The zero-order valence-corrected chi connectivity index (χ0v) is 18.0. The normalized spacial score (nSPS) is 19.5. The van der Waals surface area contributed by atoms with E-state index in [-0.39, 0.29) is 23.9 Å². The van der Waals surface area contributed by atoms with E-state index in [1.807, 2.05) is 24.3 Å². The lowest BCUT2D eigenvalue weighted by Gasteiger charge is -2.40. The predicted octanol–water partition coefficient (Wildman–Crippen LogP) is 4.15. The standard InChI is InChI=1S/C25H29NO5/c1-3-7-21(17-10-12-20(31-2)13-11-17)19-14-15-26(22(16-19)25(29)30)24(28)23(27)18-8-5-4-6-9-18/h4-6,8-13,19,21-22H,3,7,14-16H2,1-2H3,(H,29,30). The summed E-state index contributed by atoms with van der Waals surface area (Å²) in [6.07, 6.45) is 2.90. The summed E-state index contributed by atoms with van der Waals surface area (Å²) in [6.45, 7) is 2.37. The zero-order chi connectivity index (χ0) is 22.4. The van der Waals surface area contributed by atoms with E-state index in [0.29, 0.717) is 12.8 Å². The Morgan fingerprint density at radius 2 is 1.77 bits per heavy atom. The van der Waals surface area contributed by atoms with Crippen molar-refractivity contribution in [2.45, 2.75) is 44.6 Å². The fourth-order valence-electron chi connectivity index (χ4n) is 4.52. The molecule has 0 aromatic heterocycles. The van der Waals surface area contributed by atoms with Gasteiger partial charge in [0.1, 0.15) is 11.8 Å². The van der Waals surface area contributed by atoms with Crippen molar-refractivity contribution < 1.29 is 24.2 Å². The molecular formula is C25H29NO5. The number of piperidine rings is 1. The van der Waals surface area contributed by atoms with E-state index in [2.05, 4.69) is 6.92 Å². The summed E-state index contributed by atoms with van der Waals surface area (Å²) in [5.41, 5.74) is 1.43. The molecule has 3 rings (SSSR count). The molecule has 3 unspecified atom stereocenters. The van der Waals surface area contributed by atoms with Crippen LogP contribution in [0.3, 0.4) is 0 Å². The topological polar surface area (TPSA) is 83.9 Å². The van der Waals surface area contributed by atoms with Crippen LogP contribution >= 0.6 is 0 Å². The van der Waals surface area contributed by atoms with Crippen LogP contribution in [0.5, 0.6) is 5.75 Å². The highest BCUT2D eigenvalue weighted by atomic mass is 16.5. The predicted molar refractivity (Wildman–Crippen MR) is 117 cm³/mol. The van der Waals surface area contributed by atoms with Crippen molar-refractivity contribution in [3.8, 4) is 5.75 Å². The van der Waals surface area contributed by atoms with Crippen molar-refractivity contribution in [1.82, 2.24) is 4.90 Å². The van der Waals surface area contributed by atoms with Crippen LogP contribution in [0.2, 0.25) is 0 Å². The summed E-state index contributed by atoms with van der Waals surface area (Å²) < 4.78 is 5.25. The average Bonchev–Trinajstić information content (AvgIpc) is 2.82. The van der Waals surface area contributed by atoms with Gasteiger partial charge < -0.3 is 14.7 Å². The van der Waals surface area contributed by atoms with Crippen molar-refractivity contribution in [2.75, 3.05) is 13.7 Å². The molecule has 2 aromatic rings. The lowest BCUT2D eigenvalue weighted by atomic mass is 9.75. The van der Waals surface area contributed by atoms with E-state index in [1.54, 1.807) is 37.4 Å². The lowest BCUT2D eigenvalue weighted by Crippen LogP contribution is -2.52. The average molecular weight is 424 g/mol. The highest BCUT2D eigenvalue weighted by molar-refractivity contribution is 6.43. The molecule has 164 valence electrons. The van der Waals surface area contributed by atoms with Crippen molar-refractivity contribution in [1.29, 1.82) is 0 Å². The van der Waals surface area contributed by atoms with Gasteiger partial charge in [0.05, 0.1) is 7.11 Å². The van der Waals surface area contributed by atoms with Gasteiger partial charge in [-0.3, -0.25) is 9.59 Å². The summed E-state index contributed by atoms with van der Waals surface area (Å²) in [5.74, 6) is -1.38. The second-order valence-corrected chi connectivity index (χ2v) is 8.00. The third kappa shape index (κ3) is 5.13. The second-order valence-electron chi connectivity index (χ2n) is 8.00. The number of rotatable bonds is 8. The van der Waals surface area contributed by atoms with E-state index in [0.717, 1.165) is 24.2 Å². The first-order chi connectivity index (χ1) is 15.0. The molecule has 0 bridgehead atoms. The summed E-state index contributed by atoms with van der Waals surface area (Å²) >= 11 is 0. The Balaban J connectivity index is 1.79. The SMILES string of the molecule is CCCC(c1ccc(OC)cc1)C1CCN(C(=O)C(=O)c2ccccc2)C(C(=O)O)C1. The largest absolute Gasteiger partial charge is 0.497 e. The maximum atomic E-state index is 12.9. The molecule has 0 spiro atoms. The van der Waals surface area contributed by atoms with Crippen LogP contribution in [0.4, 0.5) is 0 Å². The number of likely N-dealkylation sites (tertiary alicyclic amines) is 1. The number of amides is 1. The quantitative estimate of drug-likeness (QED) is 0.509. The van der Waals surface area contributed by atoms with Crippen LogP contribution in [0.25, 0.3) is 0 Å². The Bertz CT molecular complexity index is 909. The molecule has 0 aliphatic carbocycles. The zero-order valence-electron chi connectivity index (χ0n) is 18.0. The summed E-state index contributed by atoms with van der Waals surface area (Å²) in [7, 11) is 1.62. The number of hydrogen-bond donors (Lipinski definition) is 1. The number of aliphatic carboxylic acids is 1. The highest BCUT2D eigenvalue weighted by Crippen LogP contribution is 2.39. The van der Waals surface area contributed by atoms with Crippen LogP contribution in [0.1, 0.15) is 54.4 Å². The maximum Gasteiger partial charge on any atom is 0.326 e. The number of hydrogen-bond acceptors (Lipinski definition) is 4. The molecule has 1 aliphatic heterocycles. The van der Waals surface area contributed by atoms with Crippen molar-refractivity contribution >= 4 is 17.7 Å². The Labute approximate surface area is 182 Å². The summed E-state index contributed by atoms with van der Waals surface area (Å²) in [6, 6.07) is 15.2. The molecule has 1 fully saturated rings. The first-order valence-corrected chi connectivity index (χ1v) is 10.7. The fourth-order valence-corrected chi connectivity index (χ4v) is 4.52. The van der Waals surface area contributed by atoms with E-state index in [1.165, 1.54) is 4.90 Å². The number of carbonyl (C=O) groups is 3. The van der Waals surface area contributed by atoms with E-state index in [4.69, 9.17) is 4.74 Å². The van der Waals surface area contributed by atoms with E-state index in [9.17, 15) is 19.5 Å². The second kappa shape index (κ2) is 10.2. The summed E-state index contributed by atoms with van der Waals surface area (Å²) in [4.78, 5) is 38.8. The lowest BCUT2D eigenvalue weighted by molar-refractivity contribution is -0.151. The van der Waals surface area contributed by atoms with Crippen molar-refractivity contribution in [3.63, 3.8) is 0 Å². The molecular weight excluding hydrogens is 394 g/mol. The van der Waals surface area contributed by atoms with Gasteiger partial charge >= 0.3 is 5.97 Å². The Morgan fingerprint density at radius 1 is 1.10 bits per heavy atom. The van der Waals surface area contributed by atoms with Crippen molar-refractivity contribution in [2.24, 2.45) is 5.92 Å². The number of benzene rings is 2. The van der Waals surface area contributed by atoms with Crippen molar-refractivity contribution in [3.05, 3.63) is 65.7 Å². The molecule has 0 saturated carbocycles. The Kier molecular flexibility index (Phi) is 7.45. The van der Waals surface area contributed by atoms with Gasteiger partial charge in [-0.15, -0.1) is 0 Å². The van der Waals surface area contributed by atoms with Gasteiger partial charge in [0.25, 0.3) is 5.91 Å². The van der Waals surface area contributed by atoms with Crippen LogP contribution < -0.4 is 4.74 Å². The molecule has 1 amide bonds. The molecule has 2 aromatic carbocycles. The molecule has 1 heterocycles. The van der Waals surface area contributed by atoms with Crippen LogP contribution in [0, 0.1) is 5.92 Å². The fraction of sp³-hybridized carbons (Fsp3) is 0.400. The Morgan fingerprint density at radius 3 is 2.35 bits per heavy atom. The number of carbonyl (C=O) groups excluding carboxylic acids is 2. The first-order valence-electron chi connectivity index (χ1n) is 10.7. The maximum absolute atomic E-state index is 12.9. The molecule has 6 heteroatoms. The van der Waals surface area contributed by atoms with Gasteiger partial charge in [-0.05, 0) is 48.8 Å².